The first kappa shape index (κ1) is 13.2. The molecule has 4 nitrogen and oxygen atoms in total. The van der Waals surface area contributed by atoms with Gasteiger partial charge in [-0.15, -0.1) is 0 Å². The molecule has 1 unspecified atom stereocenters. The largest absolute Gasteiger partial charge is 0.485 e. The number of benzene rings is 2. The molecule has 0 saturated carbocycles. The van der Waals surface area contributed by atoms with Crippen LogP contribution in [0, 0.1) is 3.57 Å². The summed E-state index contributed by atoms with van der Waals surface area (Å²) in [5.41, 5.74) is 0.748. The Morgan fingerprint density at radius 3 is 2.55 bits per heavy atom. The predicted molar refractivity (Wildman–Crippen MR) is 84.1 cm³/mol. The van der Waals surface area contributed by atoms with Gasteiger partial charge in [-0.25, -0.2) is 0 Å². The molecule has 0 saturated heterocycles. The van der Waals surface area contributed by atoms with Gasteiger partial charge < -0.3 is 14.8 Å². The Balaban J connectivity index is 1.68. The lowest BCUT2D eigenvalue weighted by atomic mass is 10.2. The molecular weight excluding hydrogens is 369 g/mol. The second kappa shape index (κ2) is 5.70. The minimum absolute atomic E-state index is 0.208. The number of nitrogens with one attached hydrogen (secondary N) is 1. The summed E-state index contributed by atoms with van der Waals surface area (Å²) in [6, 6.07) is 14.9. The highest BCUT2D eigenvalue weighted by Gasteiger charge is 2.27. The third-order valence-corrected chi connectivity index (χ3v) is 3.63. The first-order chi connectivity index (χ1) is 9.72. The highest BCUT2D eigenvalue weighted by molar-refractivity contribution is 14.1. The number of anilines is 1. The van der Waals surface area contributed by atoms with Gasteiger partial charge in [0, 0.05) is 9.26 Å². The van der Waals surface area contributed by atoms with Gasteiger partial charge in [0.25, 0.3) is 5.91 Å². The number of hydrogen-bond acceptors (Lipinski definition) is 3. The SMILES string of the molecule is O=C(Nc1ccc(I)cc1)C1COc2ccccc2O1. The minimum atomic E-state index is -0.635. The number of carbonyl (C=O) groups excluding carboxylic acids is 1. The summed E-state index contributed by atoms with van der Waals surface area (Å²) in [7, 11) is 0. The fourth-order valence-electron chi connectivity index (χ4n) is 1.90. The van der Waals surface area contributed by atoms with Crippen LogP contribution in [0.3, 0.4) is 0 Å². The van der Waals surface area contributed by atoms with E-state index in [1.54, 1.807) is 6.07 Å². The molecule has 3 rings (SSSR count). The van der Waals surface area contributed by atoms with E-state index in [1.165, 1.54) is 0 Å². The Bertz CT molecular complexity index is 627. The molecule has 1 aliphatic rings. The summed E-state index contributed by atoms with van der Waals surface area (Å²) in [4.78, 5) is 12.1. The van der Waals surface area contributed by atoms with Gasteiger partial charge in [0.15, 0.2) is 11.5 Å². The highest BCUT2D eigenvalue weighted by Crippen LogP contribution is 2.31. The number of para-hydroxylation sites is 2. The molecule has 0 fully saturated rings. The van der Waals surface area contributed by atoms with E-state index in [9.17, 15) is 4.79 Å². The van der Waals surface area contributed by atoms with E-state index in [2.05, 4.69) is 27.9 Å². The average Bonchev–Trinajstić information content (AvgIpc) is 2.49. The average molecular weight is 381 g/mol. The van der Waals surface area contributed by atoms with E-state index in [0.29, 0.717) is 11.5 Å². The second-order valence-corrected chi connectivity index (χ2v) is 5.61. The van der Waals surface area contributed by atoms with Gasteiger partial charge in [0.05, 0.1) is 0 Å². The van der Waals surface area contributed by atoms with Crippen molar-refractivity contribution in [1.82, 2.24) is 0 Å². The molecule has 0 bridgehead atoms. The van der Waals surface area contributed by atoms with E-state index < -0.39 is 6.10 Å². The molecule has 1 N–H and O–H groups in total. The van der Waals surface area contributed by atoms with Crippen LogP contribution in [-0.4, -0.2) is 18.6 Å². The Hall–Kier alpha value is -1.76. The fraction of sp³-hybridized carbons (Fsp3) is 0.133. The van der Waals surface area contributed by atoms with E-state index in [-0.39, 0.29) is 12.5 Å². The van der Waals surface area contributed by atoms with E-state index in [1.807, 2.05) is 42.5 Å². The van der Waals surface area contributed by atoms with Crippen molar-refractivity contribution in [3.8, 4) is 11.5 Å². The van der Waals surface area contributed by atoms with Crippen LogP contribution in [0.15, 0.2) is 48.5 Å². The van der Waals surface area contributed by atoms with Crippen molar-refractivity contribution in [2.24, 2.45) is 0 Å². The lowest BCUT2D eigenvalue weighted by Crippen LogP contribution is -2.40. The zero-order chi connectivity index (χ0) is 13.9. The van der Waals surface area contributed by atoms with Crippen molar-refractivity contribution in [3.63, 3.8) is 0 Å². The molecule has 20 heavy (non-hydrogen) atoms. The Kier molecular flexibility index (Phi) is 3.77. The minimum Gasteiger partial charge on any atom is -0.485 e. The summed E-state index contributed by atoms with van der Waals surface area (Å²) in [6.45, 7) is 0.215. The summed E-state index contributed by atoms with van der Waals surface area (Å²) in [5, 5.41) is 2.82. The topological polar surface area (TPSA) is 47.6 Å². The first-order valence-electron chi connectivity index (χ1n) is 6.17. The van der Waals surface area contributed by atoms with Crippen molar-refractivity contribution < 1.29 is 14.3 Å². The van der Waals surface area contributed by atoms with Crippen LogP contribution in [-0.2, 0) is 4.79 Å². The normalized spacial score (nSPS) is 16.6. The third kappa shape index (κ3) is 2.87. The lowest BCUT2D eigenvalue weighted by molar-refractivity contribution is -0.125. The fourth-order valence-corrected chi connectivity index (χ4v) is 2.26. The lowest BCUT2D eigenvalue weighted by Gasteiger charge is -2.25. The molecular formula is C15H12INO3. The quantitative estimate of drug-likeness (QED) is 0.814. The number of halogens is 1. The van der Waals surface area contributed by atoms with E-state index in [0.717, 1.165) is 9.26 Å². The summed E-state index contributed by atoms with van der Waals surface area (Å²) in [5.74, 6) is 1.06. The predicted octanol–water partition coefficient (Wildman–Crippen LogP) is 3.07. The van der Waals surface area contributed by atoms with Gasteiger partial charge in [-0.3, -0.25) is 4.79 Å². The standard InChI is InChI=1S/C15H12INO3/c16-10-5-7-11(8-6-10)17-15(18)14-9-19-12-3-1-2-4-13(12)20-14/h1-8,14H,9H2,(H,17,18). The monoisotopic (exact) mass is 381 g/mol. The molecule has 5 heteroatoms. The number of amides is 1. The van der Waals surface area contributed by atoms with Crippen molar-refractivity contribution in [3.05, 3.63) is 52.1 Å². The molecule has 2 aromatic rings. The Labute approximate surface area is 130 Å². The maximum atomic E-state index is 12.1. The second-order valence-electron chi connectivity index (χ2n) is 4.36. The Morgan fingerprint density at radius 2 is 1.80 bits per heavy atom. The molecule has 102 valence electrons. The zero-order valence-corrected chi connectivity index (χ0v) is 12.7. The van der Waals surface area contributed by atoms with Crippen LogP contribution in [0.5, 0.6) is 11.5 Å². The molecule has 1 heterocycles. The van der Waals surface area contributed by atoms with Gasteiger partial charge in [-0.2, -0.15) is 0 Å². The summed E-state index contributed by atoms with van der Waals surface area (Å²) >= 11 is 2.22. The summed E-state index contributed by atoms with van der Waals surface area (Å²) in [6.07, 6.45) is -0.635. The van der Waals surface area contributed by atoms with E-state index in [4.69, 9.17) is 9.47 Å². The molecule has 1 atom stereocenters. The van der Waals surface area contributed by atoms with Crippen molar-refractivity contribution in [1.29, 1.82) is 0 Å². The number of carbonyl (C=O) groups is 1. The van der Waals surface area contributed by atoms with Crippen LogP contribution in [0.25, 0.3) is 0 Å². The molecule has 1 aliphatic heterocycles. The number of hydrogen-bond donors (Lipinski definition) is 1. The smallest absolute Gasteiger partial charge is 0.269 e. The maximum Gasteiger partial charge on any atom is 0.269 e. The number of rotatable bonds is 2. The molecule has 1 amide bonds. The molecule has 0 aromatic heterocycles. The van der Waals surface area contributed by atoms with Crippen molar-refractivity contribution in [2.75, 3.05) is 11.9 Å². The molecule has 0 radical (unpaired) electrons. The zero-order valence-electron chi connectivity index (χ0n) is 10.5. The Morgan fingerprint density at radius 1 is 1.10 bits per heavy atom. The van der Waals surface area contributed by atoms with E-state index >= 15 is 0 Å². The van der Waals surface area contributed by atoms with Crippen LogP contribution < -0.4 is 14.8 Å². The van der Waals surface area contributed by atoms with Crippen LogP contribution in [0.1, 0.15) is 0 Å². The summed E-state index contributed by atoms with van der Waals surface area (Å²) < 4.78 is 12.3. The van der Waals surface area contributed by atoms with Gasteiger partial charge in [-0.05, 0) is 59.0 Å². The molecule has 0 aliphatic carbocycles. The number of ether oxygens (including phenoxy) is 2. The van der Waals surface area contributed by atoms with Gasteiger partial charge >= 0.3 is 0 Å². The first-order valence-corrected chi connectivity index (χ1v) is 7.25. The van der Waals surface area contributed by atoms with Gasteiger partial charge in [0.1, 0.15) is 6.61 Å². The number of fused-ring (bicyclic) bond motifs is 1. The van der Waals surface area contributed by atoms with Crippen molar-refractivity contribution >= 4 is 34.2 Å². The van der Waals surface area contributed by atoms with Crippen LogP contribution in [0.4, 0.5) is 5.69 Å². The highest BCUT2D eigenvalue weighted by atomic mass is 127. The third-order valence-electron chi connectivity index (χ3n) is 2.91. The molecule has 2 aromatic carbocycles. The van der Waals surface area contributed by atoms with Crippen LogP contribution in [0.2, 0.25) is 0 Å². The molecule has 0 spiro atoms. The maximum absolute atomic E-state index is 12.1. The van der Waals surface area contributed by atoms with Crippen LogP contribution >= 0.6 is 22.6 Å². The van der Waals surface area contributed by atoms with Crippen molar-refractivity contribution in [2.45, 2.75) is 6.10 Å². The van der Waals surface area contributed by atoms with Gasteiger partial charge in [0.2, 0.25) is 6.10 Å². The van der Waals surface area contributed by atoms with Gasteiger partial charge in [-0.1, -0.05) is 12.1 Å².